The predicted octanol–water partition coefficient (Wildman–Crippen LogP) is 12.5. The van der Waals surface area contributed by atoms with E-state index in [4.69, 9.17) is 29.0 Å². The van der Waals surface area contributed by atoms with Crippen LogP contribution >= 0.6 is 0 Å². The molecule has 1 unspecified atom stereocenters. The number of imide groups is 1. The molecule has 3 saturated heterocycles. The topological polar surface area (TPSA) is 205 Å². The summed E-state index contributed by atoms with van der Waals surface area (Å²) in [5.41, 5.74) is 8.85. The van der Waals surface area contributed by atoms with Crippen molar-refractivity contribution in [2.75, 3.05) is 46.4 Å². The van der Waals surface area contributed by atoms with E-state index in [1.165, 1.54) is 15.5 Å². The van der Waals surface area contributed by atoms with Crippen molar-refractivity contribution in [2.24, 2.45) is 7.05 Å². The highest BCUT2D eigenvalue weighted by Gasteiger charge is 2.42. The van der Waals surface area contributed by atoms with Gasteiger partial charge in [-0.25, -0.2) is 19.0 Å². The molecule has 0 spiro atoms. The molecule has 3 aromatic heterocycles. The maximum Gasteiger partial charge on any atom is 0.407 e. The lowest BCUT2D eigenvalue weighted by atomic mass is 9.77. The van der Waals surface area contributed by atoms with Crippen molar-refractivity contribution in [1.82, 2.24) is 43.9 Å². The summed E-state index contributed by atoms with van der Waals surface area (Å²) in [4.78, 5) is 75.9. The maximum absolute atomic E-state index is 17.5. The Balaban J connectivity index is 0.830. The van der Waals surface area contributed by atoms with Gasteiger partial charge in [-0.2, -0.15) is 5.10 Å². The highest BCUT2D eigenvalue weighted by Crippen LogP contribution is 2.54. The van der Waals surface area contributed by atoms with Gasteiger partial charge < -0.3 is 33.9 Å². The van der Waals surface area contributed by atoms with Crippen molar-refractivity contribution in [3.05, 3.63) is 224 Å². The van der Waals surface area contributed by atoms with Gasteiger partial charge in [0.25, 0.3) is 5.91 Å². The van der Waals surface area contributed by atoms with E-state index in [-0.39, 0.29) is 74.3 Å². The smallest absolute Gasteiger partial charge is 0.407 e. The highest BCUT2D eigenvalue weighted by molar-refractivity contribution is 6.05. The normalized spacial score (nSPS) is 18.2. The van der Waals surface area contributed by atoms with E-state index in [1.54, 1.807) is 18.7 Å². The fourth-order valence-electron chi connectivity index (χ4n) is 15.2. The zero-order valence-electron chi connectivity index (χ0n) is 56.9. The number of imidazole rings is 1. The number of methoxy groups -OCH3 is 1. The van der Waals surface area contributed by atoms with Crippen molar-refractivity contribution in [3.63, 3.8) is 0 Å². The molecule has 4 fully saturated rings. The van der Waals surface area contributed by atoms with Gasteiger partial charge in [0.15, 0.2) is 5.75 Å². The zero-order chi connectivity index (χ0) is 69.0. The minimum atomic E-state index is -1.02. The van der Waals surface area contributed by atoms with Crippen LogP contribution in [0.2, 0.25) is 0 Å². The van der Waals surface area contributed by atoms with Gasteiger partial charge in [0.05, 0.1) is 40.9 Å². The highest BCUT2D eigenvalue weighted by atomic mass is 19.1. The molecule has 0 radical (unpaired) electrons. The van der Waals surface area contributed by atoms with Crippen molar-refractivity contribution >= 4 is 56.7 Å². The molecule has 510 valence electrons. The van der Waals surface area contributed by atoms with Crippen LogP contribution in [0, 0.1) is 12.7 Å². The number of carboxylic acid groups (broad SMARTS) is 1. The summed E-state index contributed by atoms with van der Waals surface area (Å²) in [6.07, 6.45) is 3.62. The first-order chi connectivity index (χ1) is 47.8. The molecule has 20 heteroatoms. The van der Waals surface area contributed by atoms with Gasteiger partial charge in [-0.3, -0.25) is 38.4 Å². The molecule has 4 amide bonds. The van der Waals surface area contributed by atoms with E-state index in [0.717, 1.165) is 57.2 Å². The summed E-state index contributed by atoms with van der Waals surface area (Å²) in [5, 5.41) is 19.2. The first-order valence-electron chi connectivity index (χ1n) is 34.2. The SMILES string of the molecule is CO[C@@H](C)COc1cc(CC(C)(C)O[C@H]2CCN(C(=O)O)C2)c2cc(C3CC3)c(-c3c(C)c(F)cc4nn(C(c5ccccc5)(c5ccccc5)c5ccccc5)cc34)c(OCc3ccc(C(=O)N4CCN(Cc5ccc6c(c5)n(C)c(=O)n6C5CCC(=O)NC5=O)C[C@@H]4C)cc3)c2n1. The molecule has 7 aromatic carbocycles. The van der Waals surface area contributed by atoms with Crippen LogP contribution in [0.4, 0.5) is 9.18 Å². The average molecular weight is 1340 g/mol. The van der Waals surface area contributed by atoms with Gasteiger partial charge in [0.2, 0.25) is 17.7 Å². The molecule has 99 heavy (non-hydrogen) atoms. The molecule has 19 nitrogen and oxygen atoms in total. The molecule has 0 bridgehead atoms. The fraction of sp³-hybridized carbons (Fsp3) is 0.354. The molecule has 14 rings (SSSR count). The number of rotatable bonds is 21. The monoisotopic (exact) mass is 1340 g/mol. The molecule has 1 aliphatic carbocycles. The third-order valence-electron chi connectivity index (χ3n) is 20.4. The Kier molecular flexibility index (Phi) is 18.1. The number of hydrogen-bond donors (Lipinski definition) is 2. The van der Waals surface area contributed by atoms with Crippen LogP contribution in [-0.2, 0) is 51.2 Å². The van der Waals surface area contributed by atoms with Crippen LogP contribution < -0.4 is 20.5 Å². The number of halogens is 1. The lowest BCUT2D eigenvalue weighted by Crippen LogP contribution is -2.53. The van der Waals surface area contributed by atoms with Crippen molar-refractivity contribution in [3.8, 4) is 22.8 Å². The first-order valence-corrected chi connectivity index (χ1v) is 34.2. The lowest BCUT2D eigenvalue weighted by Gasteiger charge is -2.40. The molecule has 10 aromatic rings. The van der Waals surface area contributed by atoms with E-state index in [1.807, 2.05) is 140 Å². The summed E-state index contributed by atoms with van der Waals surface area (Å²) in [5.74, 6) is -0.522. The number of hydrogen-bond acceptors (Lipinski definition) is 12. The predicted molar refractivity (Wildman–Crippen MR) is 376 cm³/mol. The van der Waals surface area contributed by atoms with Crippen molar-refractivity contribution in [2.45, 2.75) is 128 Å². The number of piperidine rings is 1. The van der Waals surface area contributed by atoms with E-state index >= 15 is 4.39 Å². The Bertz CT molecular complexity index is 4700. The molecule has 4 atom stereocenters. The maximum atomic E-state index is 17.5. The summed E-state index contributed by atoms with van der Waals surface area (Å²) in [6, 6.07) is 48.9. The number of aryl methyl sites for hydroxylation is 1. The van der Waals surface area contributed by atoms with Crippen LogP contribution in [0.25, 0.3) is 44.0 Å². The second-order valence-electron chi connectivity index (χ2n) is 27.8. The summed E-state index contributed by atoms with van der Waals surface area (Å²) < 4.78 is 49.0. The number of piperazine rings is 1. The Hall–Kier alpha value is -10.0. The minimum absolute atomic E-state index is 0.0381. The molecule has 1 saturated carbocycles. The third-order valence-corrected chi connectivity index (χ3v) is 20.4. The van der Waals surface area contributed by atoms with Gasteiger partial charge in [0.1, 0.15) is 36.1 Å². The molecular formula is C79H82FN9O10. The molecule has 2 N–H and O–H groups in total. The van der Waals surface area contributed by atoms with Gasteiger partial charge >= 0.3 is 11.8 Å². The summed E-state index contributed by atoms with van der Waals surface area (Å²) in [6.45, 7) is 13.0. The van der Waals surface area contributed by atoms with Crippen molar-refractivity contribution < 1.29 is 47.6 Å². The van der Waals surface area contributed by atoms with Crippen molar-refractivity contribution in [1.29, 1.82) is 0 Å². The van der Waals surface area contributed by atoms with Gasteiger partial charge in [-0.05, 0) is 141 Å². The number of nitrogens with zero attached hydrogens (tertiary/aromatic N) is 8. The Labute approximate surface area is 573 Å². The van der Waals surface area contributed by atoms with Gasteiger partial charge in [-0.1, -0.05) is 109 Å². The fourth-order valence-corrected chi connectivity index (χ4v) is 15.2. The number of amides is 4. The standard InChI is InChI=1S/C79H82FN9O10/c1-48-42-85(43-52-25-30-65-67(37-52)84(6)76(93)89(65)66-31-32-68(90)81-74(66)91)35-36-87(48)75(92)54-26-23-51(24-27-54)47-98-73-71(60(53-28-29-53)39-61-55(38-69(82-72(61)73)97-46-49(2)96-7)41-78(4,5)99-59-33-34-86(44-59)77(94)95)70-50(3)63(80)40-64-62(70)45-88(83-64)79(56-17-11-8-12-18-56,57-19-13-9-14-20-57)58-21-15-10-16-22-58/h8-27,30,37-40,45,48-49,53,59,66H,28-29,31-36,41-44,46-47H2,1-7H3,(H,94,95)(H,81,90,91)/t48-,49-,59-,66?/m0/s1. The number of likely N-dealkylation sites (tertiary alicyclic amines) is 1. The zero-order valence-corrected chi connectivity index (χ0v) is 56.9. The molecular weight excluding hydrogens is 1250 g/mol. The Morgan fingerprint density at radius 2 is 1.44 bits per heavy atom. The largest absolute Gasteiger partial charge is 0.486 e. The quantitative estimate of drug-likeness (QED) is 0.0508. The van der Waals surface area contributed by atoms with Crippen LogP contribution in [0.3, 0.4) is 0 Å². The summed E-state index contributed by atoms with van der Waals surface area (Å²) >= 11 is 0. The average Bonchev–Trinajstić information content (AvgIpc) is 1.66. The number of fused-ring (bicyclic) bond motifs is 3. The van der Waals surface area contributed by atoms with Gasteiger partial charge in [-0.15, -0.1) is 0 Å². The molecule has 4 aliphatic rings. The number of aromatic nitrogens is 5. The van der Waals surface area contributed by atoms with Crippen LogP contribution in [-0.4, -0.2) is 138 Å². The van der Waals surface area contributed by atoms with E-state index < -0.39 is 35.0 Å². The van der Waals surface area contributed by atoms with Gasteiger partial charge in [0, 0.05) is 112 Å². The summed E-state index contributed by atoms with van der Waals surface area (Å²) in [7, 11) is 3.32. The number of carbonyl (C=O) groups excluding carboxylic acids is 3. The first kappa shape index (κ1) is 66.2. The van der Waals surface area contributed by atoms with Crippen LogP contribution in [0.15, 0.2) is 163 Å². The Morgan fingerprint density at radius 1 is 0.768 bits per heavy atom. The number of benzene rings is 7. The third kappa shape index (κ3) is 12.8. The number of carbonyl (C=O) groups is 4. The van der Waals surface area contributed by atoms with Crippen LogP contribution in [0.5, 0.6) is 11.6 Å². The number of nitrogens with one attached hydrogen (secondary N) is 1. The minimum Gasteiger partial charge on any atom is -0.486 e. The van der Waals surface area contributed by atoms with Crippen LogP contribution in [0.1, 0.15) is 127 Å². The van der Waals surface area contributed by atoms with E-state index in [2.05, 4.69) is 65.8 Å². The second-order valence-corrected chi connectivity index (χ2v) is 27.8. The van der Waals surface area contributed by atoms with E-state index in [0.29, 0.717) is 107 Å². The molecule has 3 aliphatic heterocycles. The second kappa shape index (κ2) is 27.0. The molecule has 6 heterocycles. The Morgan fingerprint density at radius 3 is 2.07 bits per heavy atom. The lowest BCUT2D eigenvalue weighted by molar-refractivity contribution is -0.135. The van der Waals surface area contributed by atoms with E-state index in [9.17, 15) is 29.1 Å². The number of ether oxygens (including phenoxy) is 4. The number of pyridine rings is 1.